The van der Waals surface area contributed by atoms with Gasteiger partial charge in [-0.2, -0.15) is 8.42 Å². The van der Waals surface area contributed by atoms with Crippen LogP contribution in [-0.2, 0) is 17.1 Å². The second-order valence-electron chi connectivity index (χ2n) is 4.72. The number of nitrogens with one attached hydrogen (secondary N) is 1. The van der Waals surface area contributed by atoms with Gasteiger partial charge >= 0.3 is 0 Å². The van der Waals surface area contributed by atoms with Crippen LogP contribution >= 0.6 is 11.6 Å². The molecule has 0 spiro atoms. The molecule has 0 bridgehead atoms. The molecule has 1 aromatic heterocycles. The van der Waals surface area contributed by atoms with Crippen molar-refractivity contribution in [1.29, 1.82) is 0 Å². The summed E-state index contributed by atoms with van der Waals surface area (Å²) in [7, 11) is -2.26. The van der Waals surface area contributed by atoms with Gasteiger partial charge in [-0.05, 0) is 26.0 Å². The van der Waals surface area contributed by atoms with E-state index in [-0.39, 0.29) is 16.3 Å². The Labute approximate surface area is 128 Å². The molecule has 0 fully saturated rings. The molecule has 0 radical (unpaired) electrons. The first-order chi connectivity index (χ1) is 9.81. The lowest BCUT2D eigenvalue weighted by atomic mass is 10.3. The predicted octanol–water partition coefficient (Wildman–Crippen LogP) is 2.66. The number of sulfonamides is 1. The summed E-state index contributed by atoms with van der Waals surface area (Å²) in [6.45, 7) is 3.72. The van der Waals surface area contributed by atoms with E-state index in [9.17, 15) is 8.42 Å². The van der Waals surface area contributed by atoms with Gasteiger partial charge in [0.1, 0.15) is 10.9 Å². The third kappa shape index (κ3) is 3.48. The number of para-hydroxylation sites is 2. The average molecular weight is 330 g/mol. The Morgan fingerprint density at radius 2 is 2.00 bits per heavy atom. The molecule has 114 valence electrons. The highest BCUT2D eigenvalue weighted by Gasteiger charge is 2.23. The quantitative estimate of drug-likeness (QED) is 0.915. The molecule has 6 nitrogen and oxygen atoms in total. The molecule has 0 unspecified atom stereocenters. The molecule has 1 aromatic carbocycles. The van der Waals surface area contributed by atoms with E-state index in [2.05, 4.69) is 9.71 Å². The van der Waals surface area contributed by atoms with Gasteiger partial charge in [-0.15, -0.1) is 0 Å². The molecule has 2 aromatic rings. The minimum Gasteiger partial charge on any atom is -0.489 e. The summed E-state index contributed by atoms with van der Waals surface area (Å²) in [5, 5.41) is -0.171. The third-order valence-electron chi connectivity index (χ3n) is 2.58. The Morgan fingerprint density at radius 3 is 2.57 bits per heavy atom. The number of halogens is 1. The Kier molecular flexibility index (Phi) is 4.43. The van der Waals surface area contributed by atoms with Gasteiger partial charge in [-0.3, -0.25) is 4.72 Å². The first kappa shape index (κ1) is 15.7. The zero-order valence-electron chi connectivity index (χ0n) is 11.9. The van der Waals surface area contributed by atoms with Crippen molar-refractivity contribution >= 4 is 27.3 Å². The lowest BCUT2D eigenvalue weighted by Crippen LogP contribution is -2.16. The number of anilines is 1. The van der Waals surface area contributed by atoms with Crippen molar-refractivity contribution in [3.05, 3.63) is 35.7 Å². The van der Waals surface area contributed by atoms with Crippen LogP contribution in [0.1, 0.15) is 13.8 Å². The molecule has 1 N–H and O–H groups in total. The Balaban J connectivity index is 2.35. The van der Waals surface area contributed by atoms with Gasteiger partial charge in [-0.25, -0.2) is 4.98 Å². The topological polar surface area (TPSA) is 73.2 Å². The van der Waals surface area contributed by atoms with E-state index in [0.717, 1.165) is 0 Å². The number of rotatable bonds is 5. The van der Waals surface area contributed by atoms with Gasteiger partial charge in [0.2, 0.25) is 5.03 Å². The van der Waals surface area contributed by atoms with Crippen LogP contribution in [0.5, 0.6) is 5.75 Å². The van der Waals surface area contributed by atoms with Gasteiger partial charge in [0, 0.05) is 7.05 Å². The molecular formula is C13H16ClN3O3S. The summed E-state index contributed by atoms with van der Waals surface area (Å²) < 4.78 is 34.1. The molecule has 8 heteroatoms. The molecule has 2 rings (SSSR count). The molecule has 1 heterocycles. The number of imidazole rings is 1. The van der Waals surface area contributed by atoms with Crippen molar-refractivity contribution in [1.82, 2.24) is 9.55 Å². The minimum atomic E-state index is -3.88. The molecule has 0 amide bonds. The van der Waals surface area contributed by atoms with Crippen LogP contribution < -0.4 is 9.46 Å². The van der Waals surface area contributed by atoms with Crippen LogP contribution in [0.4, 0.5) is 5.69 Å². The van der Waals surface area contributed by atoms with Crippen molar-refractivity contribution in [3.8, 4) is 5.75 Å². The van der Waals surface area contributed by atoms with E-state index >= 15 is 0 Å². The van der Waals surface area contributed by atoms with E-state index in [0.29, 0.717) is 11.4 Å². The van der Waals surface area contributed by atoms with E-state index in [1.54, 1.807) is 31.3 Å². The lowest BCUT2D eigenvalue weighted by molar-refractivity contribution is 0.244. The zero-order chi connectivity index (χ0) is 15.6. The summed E-state index contributed by atoms with van der Waals surface area (Å²) in [5.74, 6) is 0.447. The molecule has 0 aliphatic rings. The number of hydrogen-bond acceptors (Lipinski definition) is 4. The van der Waals surface area contributed by atoms with E-state index in [1.165, 1.54) is 10.9 Å². The molecule has 0 saturated heterocycles. The van der Waals surface area contributed by atoms with Gasteiger partial charge in [0.05, 0.1) is 18.1 Å². The summed E-state index contributed by atoms with van der Waals surface area (Å²) in [6, 6.07) is 6.79. The van der Waals surface area contributed by atoms with Crippen molar-refractivity contribution in [3.63, 3.8) is 0 Å². The van der Waals surface area contributed by atoms with Gasteiger partial charge in [0.15, 0.2) is 0 Å². The Bertz CT molecular complexity index is 741. The molecule has 21 heavy (non-hydrogen) atoms. The zero-order valence-corrected chi connectivity index (χ0v) is 13.4. The second kappa shape index (κ2) is 5.95. The average Bonchev–Trinajstić information content (AvgIpc) is 2.72. The largest absolute Gasteiger partial charge is 0.489 e. The van der Waals surface area contributed by atoms with Crippen molar-refractivity contribution < 1.29 is 13.2 Å². The molecule has 0 saturated carbocycles. The van der Waals surface area contributed by atoms with Crippen LogP contribution in [0.25, 0.3) is 0 Å². The van der Waals surface area contributed by atoms with Crippen LogP contribution in [0.2, 0.25) is 5.15 Å². The third-order valence-corrected chi connectivity index (χ3v) is 4.44. The lowest BCUT2D eigenvalue weighted by Gasteiger charge is -2.15. The Hall–Kier alpha value is -1.73. The van der Waals surface area contributed by atoms with Crippen LogP contribution in [0, 0.1) is 0 Å². The SMILES string of the molecule is CC(C)Oc1ccccc1NS(=O)(=O)c1ncn(C)c1Cl. The molecule has 0 aliphatic heterocycles. The first-order valence-electron chi connectivity index (χ1n) is 6.26. The summed E-state index contributed by atoms with van der Waals surface area (Å²) in [6.07, 6.45) is 1.27. The summed E-state index contributed by atoms with van der Waals surface area (Å²) in [4.78, 5) is 3.81. The normalized spacial score (nSPS) is 11.7. The highest BCUT2D eigenvalue weighted by atomic mass is 35.5. The highest BCUT2D eigenvalue weighted by molar-refractivity contribution is 7.92. The van der Waals surface area contributed by atoms with Crippen LogP contribution in [0.15, 0.2) is 35.6 Å². The number of ether oxygens (including phenoxy) is 1. The number of nitrogens with zero attached hydrogens (tertiary/aromatic N) is 2. The highest BCUT2D eigenvalue weighted by Crippen LogP contribution is 2.28. The fourth-order valence-corrected chi connectivity index (χ4v) is 3.18. The number of hydrogen-bond donors (Lipinski definition) is 1. The van der Waals surface area contributed by atoms with Crippen LogP contribution in [-0.4, -0.2) is 24.1 Å². The fraction of sp³-hybridized carbons (Fsp3) is 0.308. The molecule has 0 aliphatic carbocycles. The molecule has 0 atom stereocenters. The minimum absolute atomic E-state index is 0.0461. The van der Waals surface area contributed by atoms with Gasteiger partial charge in [0.25, 0.3) is 10.0 Å². The van der Waals surface area contributed by atoms with Crippen LogP contribution in [0.3, 0.4) is 0 Å². The fourth-order valence-electron chi connectivity index (χ4n) is 1.67. The van der Waals surface area contributed by atoms with Gasteiger partial charge < -0.3 is 9.30 Å². The second-order valence-corrected chi connectivity index (χ2v) is 6.68. The predicted molar refractivity (Wildman–Crippen MR) is 81.2 cm³/mol. The van der Waals surface area contributed by atoms with E-state index < -0.39 is 10.0 Å². The van der Waals surface area contributed by atoms with Gasteiger partial charge in [-0.1, -0.05) is 23.7 Å². The van der Waals surface area contributed by atoms with E-state index in [4.69, 9.17) is 16.3 Å². The maximum absolute atomic E-state index is 12.3. The molecular weight excluding hydrogens is 314 g/mol. The van der Waals surface area contributed by atoms with Crippen molar-refractivity contribution in [2.45, 2.75) is 25.0 Å². The smallest absolute Gasteiger partial charge is 0.282 e. The summed E-state index contributed by atoms with van der Waals surface area (Å²) in [5.41, 5.74) is 0.341. The Morgan fingerprint density at radius 1 is 1.33 bits per heavy atom. The number of aromatic nitrogens is 2. The number of aryl methyl sites for hydroxylation is 1. The van der Waals surface area contributed by atoms with E-state index in [1.807, 2.05) is 13.8 Å². The maximum Gasteiger partial charge on any atom is 0.282 e. The summed E-state index contributed by atoms with van der Waals surface area (Å²) >= 11 is 5.93. The first-order valence-corrected chi connectivity index (χ1v) is 8.12. The number of benzene rings is 1. The van der Waals surface area contributed by atoms with Crippen molar-refractivity contribution in [2.24, 2.45) is 7.05 Å². The van der Waals surface area contributed by atoms with Crippen molar-refractivity contribution in [2.75, 3.05) is 4.72 Å². The maximum atomic E-state index is 12.3. The standard InChI is InChI=1S/C13H16ClN3O3S/c1-9(2)20-11-7-5-4-6-10(11)16-21(18,19)13-12(14)17(3)8-15-13/h4-9,16H,1-3H3. The monoisotopic (exact) mass is 329 g/mol.